The van der Waals surface area contributed by atoms with Crippen LogP contribution in [0.15, 0.2) is 59.5 Å². The second-order valence-electron chi connectivity index (χ2n) is 6.02. The molecule has 140 valence electrons. The largest absolute Gasteiger partial charge is 0.481 e. The molecule has 0 aliphatic carbocycles. The highest BCUT2D eigenvalue weighted by Gasteiger charge is 2.18. The molecule has 2 aromatic rings. The Morgan fingerprint density at radius 3 is 2.23 bits per heavy atom. The van der Waals surface area contributed by atoms with Gasteiger partial charge in [0.15, 0.2) is 6.10 Å². The molecule has 2 aromatic carbocycles. The minimum atomic E-state index is -3.56. The van der Waals surface area contributed by atoms with Crippen LogP contribution in [0.5, 0.6) is 5.75 Å². The van der Waals surface area contributed by atoms with E-state index in [2.05, 4.69) is 10.0 Å². The van der Waals surface area contributed by atoms with E-state index < -0.39 is 16.1 Å². The number of carbonyl (C=O) groups is 1. The summed E-state index contributed by atoms with van der Waals surface area (Å²) in [5.41, 5.74) is 0.501. The number of ether oxygens (including phenoxy) is 1. The molecule has 0 heterocycles. The quantitative estimate of drug-likeness (QED) is 0.741. The van der Waals surface area contributed by atoms with Crippen LogP contribution < -0.4 is 14.8 Å². The summed E-state index contributed by atoms with van der Waals surface area (Å²) >= 11 is 0. The predicted molar refractivity (Wildman–Crippen MR) is 102 cm³/mol. The molecule has 2 rings (SSSR count). The molecule has 0 saturated heterocycles. The zero-order chi connectivity index (χ0) is 19.2. The van der Waals surface area contributed by atoms with Gasteiger partial charge in [-0.25, -0.2) is 13.1 Å². The van der Waals surface area contributed by atoms with E-state index >= 15 is 0 Å². The summed E-state index contributed by atoms with van der Waals surface area (Å²) in [7, 11) is -3.56. The van der Waals surface area contributed by atoms with Crippen LogP contribution in [0.25, 0.3) is 0 Å². The van der Waals surface area contributed by atoms with E-state index in [1.54, 1.807) is 38.1 Å². The van der Waals surface area contributed by atoms with Crippen molar-refractivity contribution in [2.45, 2.75) is 44.2 Å². The summed E-state index contributed by atoms with van der Waals surface area (Å²) in [6.07, 6.45) is 0.0139. The lowest BCUT2D eigenvalue weighted by Crippen LogP contribution is -2.32. The molecule has 0 spiro atoms. The molecule has 6 nitrogen and oxygen atoms in total. The summed E-state index contributed by atoms with van der Waals surface area (Å²) in [4.78, 5) is 12.4. The van der Waals surface area contributed by atoms with E-state index in [4.69, 9.17) is 4.74 Å². The molecular formula is C19H24N2O4S. The zero-order valence-corrected chi connectivity index (χ0v) is 15.9. The summed E-state index contributed by atoms with van der Waals surface area (Å²) in [6, 6.07) is 14.9. The molecule has 2 N–H and O–H groups in total. The van der Waals surface area contributed by atoms with Gasteiger partial charge in [0.1, 0.15) is 5.75 Å². The molecule has 0 unspecified atom stereocenters. The van der Waals surface area contributed by atoms with Gasteiger partial charge in [0.25, 0.3) is 5.91 Å². The van der Waals surface area contributed by atoms with Crippen LogP contribution in [0.4, 0.5) is 5.69 Å². The van der Waals surface area contributed by atoms with Crippen molar-refractivity contribution in [2.24, 2.45) is 0 Å². The molecule has 0 aliphatic rings. The molecule has 0 aliphatic heterocycles. The highest BCUT2D eigenvalue weighted by molar-refractivity contribution is 7.89. The van der Waals surface area contributed by atoms with Crippen molar-refractivity contribution >= 4 is 21.6 Å². The molecule has 2 atom stereocenters. The Morgan fingerprint density at radius 2 is 1.65 bits per heavy atom. The summed E-state index contributed by atoms with van der Waals surface area (Å²) in [6.45, 7) is 5.36. The first kappa shape index (κ1) is 19.9. The third-order valence-electron chi connectivity index (χ3n) is 3.83. The first-order valence-corrected chi connectivity index (χ1v) is 9.95. The standard InChI is InChI=1S/C19H24N2O4S/c1-4-14(2)21-26(23,24)18-12-10-16(11-13-18)20-19(22)15(3)25-17-8-6-5-7-9-17/h5-15,21H,4H2,1-3H3,(H,20,22)/t14-,15+/m0/s1. The Morgan fingerprint density at radius 1 is 1.04 bits per heavy atom. The van der Waals surface area contributed by atoms with Gasteiger partial charge in [-0.3, -0.25) is 4.79 Å². The van der Waals surface area contributed by atoms with Crippen LogP contribution >= 0.6 is 0 Å². The molecule has 0 bridgehead atoms. The van der Waals surface area contributed by atoms with Crippen LogP contribution in [-0.4, -0.2) is 26.5 Å². The zero-order valence-electron chi connectivity index (χ0n) is 15.1. The Labute approximate surface area is 154 Å². The number of carbonyl (C=O) groups excluding carboxylic acids is 1. The van der Waals surface area contributed by atoms with E-state index in [0.29, 0.717) is 17.9 Å². The molecule has 0 fully saturated rings. The minimum absolute atomic E-state index is 0.143. The van der Waals surface area contributed by atoms with Gasteiger partial charge in [0, 0.05) is 11.7 Å². The van der Waals surface area contributed by atoms with Crippen LogP contribution in [0.3, 0.4) is 0 Å². The van der Waals surface area contributed by atoms with Gasteiger partial charge in [-0.2, -0.15) is 0 Å². The minimum Gasteiger partial charge on any atom is -0.481 e. The van der Waals surface area contributed by atoms with Crippen LogP contribution in [-0.2, 0) is 14.8 Å². The summed E-state index contributed by atoms with van der Waals surface area (Å²) in [5.74, 6) is 0.287. The number of hydrogen-bond acceptors (Lipinski definition) is 4. The fourth-order valence-electron chi connectivity index (χ4n) is 2.13. The van der Waals surface area contributed by atoms with Gasteiger partial charge in [-0.05, 0) is 56.7 Å². The molecule has 0 radical (unpaired) electrons. The Balaban J connectivity index is 1.99. The van der Waals surface area contributed by atoms with Gasteiger partial charge in [-0.1, -0.05) is 25.1 Å². The smallest absolute Gasteiger partial charge is 0.265 e. The lowest BCUT2D eigenvalue weighted by atomic mass is 10.3. The SMILES string of the molecule is CC[C@H](C)NS(=O)(=O)c1ccc(NC(=O)[C@@H](C)Oc2ccccc2)cc1. The number of sulfonamides is 1. The predicted octanol–water partition coefficient (Wildman–Crippen LogP) is 3.17. The second-order valence-corrected chi connectivity index (χ2v) is 7.73. The normalized spacial score (nSPS) is 13.7. The van der Waals surface area contributed by atoms with Crippen LogP contribution in [0.2, 0.25) is 0 Å². The Hall–Kier alpha value is -2.38. The Kier molecular flexibility index (Phi) is 6.76. The number of hydrogen-bond donors (Lipinski definition) is 2. The topological polar surface area (TPSA) is 84.5 Å². The summed E-state index contributed by atoms with van der Waals surface area (Å²) in [5, 5.41) is 2.71. The highest BCUT2D eigenvalue weighted by atomic mass is 32.2. The lowest BCUT2D eigenvalue weighted by Gasteiger charge is -2.15. The van der Waals surface area contributed by atoms with Gasteiger partial charge >= 0.3 is 0 Å². The average Bonchev–Trinajstić information content (AvgIpc) is 2.62. The maximum atomic E-state index is 12.2. The maximum Gasteiger partial charge on any atom is 0.265 e. The molecule has 1 amide bonds. The van der Waals surface area contributed by atoms with Crippen molar-refractivity contribution < 1.29 is 17.9 Å². The average molecular weight is 376 g/mol. The first-order chi connectivity index (χ1) is 12.3. The van der Waals surface area contributed by atoms with Crippen molar-refractivity contribution in [3.8, 4) is 5.75 Å². The maximum absolute atomic E-state index is 12.2. The fourth-order valence-corrected chi connectivity index (χ4v) is 3.46. The van der Waals surface area contributed by atoms with Crippen molar-refractivity contribution in [3.05, 3.63) is 54.6 Å². The van der Waals surface area contributed by atoms with Crippen molar-refractivity contribution in [1.82, 2.24) is 4.72 Å². The molecule has 7 heteroatoms. The molecular weight excluding hydrogens is 352 g/mol. The number of anilines is 1. The van der Waals surface area contributed by atoms with Gasteiger partial charge in [-0.15, -0.1) is 0 Å². The highest BCUT2D eigenvalue weighted by Crippen LogP contribution is 2.16. The monoisotopic (exact) mass is 376 g/mol. The first-order valence-electron chi connectivity index (χ1n) is 8.46. The van der Waals surface area contributed by atoms with E-state index in [0.717, 1.165) is 0 Å². The summed E-state index contributed by atoms with van der Waals surface area (Å²) < 4.78 is 32.6. The number of amides is 1. The van der Waals surface area contributed by atoms with E-state index in [9.17, 15) is 13.2 Å². The second kappa shape index (κ2) is 8.82. The molecule has 0 saturated carbocycles. The number of rotatable bonds is 8. The fraction of sp³-hybridized carbons (Fsp3) is 0.316. The van der Waals surface area contributed by atoms with Crippen molar-refractivity contribution in [3.63, 3.8) is 0 Å². The molecule has 0 aromatic heterocycles. The van der Waals surface area contributed by atoms with Crippen molar-refractivity contribution in [1.29, 1.82) is 0 Å². The van der Waals surface area contributed by atoms with Gasteiger partial charge in [0.2, 0.25) is 10.0 Å². The third-order valence-corrected chi connectivity index (χ3v) is 5.43. The van der Waals surface area contributed by atoms with E-state index in [1.165, 1.54) is 12.1 Å². The number of benzene rings is 2. The number of para-hydroxylation sites is 1. The van der Waals surface area contributed by atoms with Crippen LogP contribution in [0.1, 0.15) is 27.2 Å². The Bertz CT molecular complexity index is 820. The van der Waals surface area contributed by atoms with Crippen LogP contribution in [0, 0.1) is 0 Å². The van der Waals surface area contributed by atoms with Crippen molar-refractivity contribution in [2.75, 3.05) is 5.32 Å². The lowest BCUT2D eigenvalue weighted by molar-refractivity contribution is -0.122. The van der Waals surface area contributed by atoms with Gasteiger partial charge < -0.3 is 10.1 Å². The van der Waals surface area contributed by atoms with E-state index in [1.807, 2.05) is 25.1 Å². The van der Waals surface area contributed by atoms with Gasteiger partial charge in [0.05, 0.1) is 4.90 Å². The number of nitrogens with one attached hydrogen (secondary N) is 2. The van der Waals surface area contributed by atoms with E-state index in [-0.39, 0.29) is 16.8 Å². The third kappa shape index (κ3) is 5.57. The molecule has 26 heavy (non-hydrogen) atoms.